The summed E-state index contributed by atoms with van der Waals surface area (Å²) < 4.78 is 71.9. The molecular formula is C16H21F5O. The van der Waals surface area contributed by atoms with Crippen LogP contribution in [0.5, 0.6) is 5.75 Å². The number of benzene rings is 1. The third kappa shape index (κ3) is 4.11. The largest absolute Gasteiger partial charge is 0.481 e. The summed E-state index contributed by atoms with van der Waals surface area (Å²) >= 11 is 0. The van der Waals surface area contributed by atoms with Crippen molar-refractivity contribution < 1.29 is 26.7 Å². The van der Waals surface area contributed by atoms with Crippen molar-refractivity contribution in [2.75, 3.05) is 0 Å². The Labute approximate surface area is 127 Å². The van der Waals surface area contributed by atoms with E-state index in [1.54, 1.807) is 13.8 Å². The number of unbranched alkanes of at least 4 members (excludes halogenated alkanes) is 3. The first-order valence-corrected chi connectivity index (χ1v) is 7.47. The SMILES string of the molecule is CCCCCCC(C)(CC)Oc1c(F)c(F)c(F)c(F)c1F. The molecule has 0 saturated carbocycles. The summed E-state index contributed by atoms with van der Waals surface area (Å²) in [6, 6.07) is 0. The Morgan fingerprint density at radius 2 is 1.27 bits per heavy atom. The Balaban J connectivity index is 3.00. The molecule has 0 fully saturated rings. The molecule has 0 amide bonds. The van der Waals surface area contributed by atoms with Crippen molar-refractivity contribution >= 4 is 0 Å². The van der Waals surface area contributed by atoms with E-state index in [4.69, 9.17) is 4.74 Å². The van der Waals surface area contributed by atoms with Gasteiger partial charge in [-0.05, 0) is 26.2 Å². The Morgan fingerprint density at radius 3 is 1.73 bits per heavy atom. The zero-order valence-corrected chi connectivity index (χ0v) is 13.0. The summed E-state index contributed by atoms with van der Waals surface area (Å²) in [4.78, 5) is 0. The molecule has 0 saturated heterocycles. The molecule has 1 aromatic rings. The number of rotatable bonds is 8. The van der Waals surface area contributed by atoms with E-state index in [9.17, 15) is 22.0 Å². The predicted molar refractivity (Wildman–Crippen MR) is 74.3 cm³/mol. The van der Waals surface area contributed by atoms with Gasteiger partial charge in [-0.2, -0.15) is 8.78 Å². The normalized spacial score (nSPS) is 14.0. The van der Waals surface area contributed by atoms with Gasteiger partial charge in [-0.15, -0.1) is 0 Å². The number of halogens is 5. The standard InChI is InChI=1S/C16H21F5O/c1-4-6-7-8-9-16(3,5-2)22-15-13(20)11(18)10(17)12(19)14(15)21/h4-9H2,1-3H3. The van der Waals surface area contributed by atoms with Gasteiger partial charge in [0.15, 0.2) is 5.75 Å². The molecule has 1 atom stereocenters. The average Bonchev–Trinajstić information content (AvgIpc) is 2.52. The van der Waals surface area contributed by atoms with Crippen LogP contribution in [0.25, 0.3) is 0 Å². The fraction of sp³-hybridized carbons (Fsp3) is 0.625. The highest BCUT2D eigenvalue weighted by atomic mass is 19.2. The third-order valence-electron chi connectivity index (χ3n) is 3.83. The molecule has 0 heterocycles. The van der Waals surface area contributed by atoms with E-state index in [1.165, 1.54) is 0 Å². The second kappa shape index (κ2) is 7.79. The summed E-state index contributed by atoms with van der Waals surface area (Å²) in [5.41, 5.74) is -0.980. The fourth-order valence-corrected chi connectivity index (χ4v) is 2.15. The van der Waals surface area contributed by atoms with E-state index in [0.717, 1.165) is 25.7 Å². The lowest BCUT2D eigenvalue weighted by Crippen LogP contribution is -2.32. The Hall–Kier alpha value is -1.33. The summed E-state index contributed by atoms with van der Waals surface area (Å²) in [6.45, 7) is 5.40. The van der Waals surface area contributed by atoms with E-state index in [2.05, 4.69) is 0 Å². The van der Waals surface area contributed by atoms with Crippen LogP contribution in [0.1, 0.15) is 59.3 Å². The van der Waals surface area contributed by atoms with Gasteiger partial charge in [-0.25, -0.2) is 13.2 Å². The van der Waals surface area contributed by atoms with Crippen molar-refractivity contribution in [1.29, 1.82) is 0 Å². The predicted octanol–water partition coefficient (Wildman–Crippen LogP) is 5.90. The van der Waals surface area contributed by atoms with Crippen LogP contribution in [0, 0.1) is 29.1 Å². The summed E-state index contributed by atoms with van der Waals surface area (Å²) in [5, 5.41) is 0. The lowest BCUT2D eigenvalue weighted by atomic mass is 9.95. The molecule has 0 aliphatic rings. The van der Waals surface area contributed by atoms with Gasteiger partial charge in [0.25, 0.3) is 0 Å². The minimum atomic E-state index is -2.18. The van der Waals surface area contributed by atoms with Crippen LogP contribution >= 0.6 is 0 Å². The Bertz CT molecular complexity index is 489. The topological polar surface area (TPSA) is 9.23 Å². The van der Waals surface area contributed by atoms with E-state index >= 15 is 0 Å². The lowest BCUT2D eigenvalue weighted by Gasteiger charge is -2.30. The first-order chi connectivity index (χ1) is 10.3. The van der Waals surface area contributed by atoms with Crippen LogP contribution in [0.2, 0.25) is 0 Å². The van der Waals surface area contributed by atoms with E-state index < -0.39 is 40.4 Å². The molecule has 0 N–H and O–H groups in total. The zero-order valence-electron chi connectivity index (χ0n) is 13.0. The van der Waals surface area contributed by atoms with Crippen molar-refractivity contribution in [1.82, 2.24) is 0 Å². The molecule has 22 heavy (non-hydrogen) atoms. The van der Waals surface area contributed by atoms with Gasteiger partial charge >= 0.3 is 0 Å². The second-order valence-electron chi connectivity index (χ2n) is 5.62. The maximum absolute atomic E-state index is 13.7. The van der Waals surface area contributed by atoms with Crippen molar-refractivity contribution in [3.05, 3.63) is 29.1 Å². The Morgan fingerprint density at radius 1 is 0.773 bits per heavy atom. The molecule has 0 spiro atoms. The first-order valence-electron chi connectivity index (χ1n) is 7.47. The molecule has 0 aliphatic heterocycles. The molecule has 0 radical (unpaired) electrons. The van der Waals surface area contributed by atoms with Gasteiger partial charge in [0, 0.05) is 0 Å². The number of ether oxygens (including phenoxy) is 1. The molecule has 1 unspecified atom stereocenters. The van der Waals surface area contributed by atoms with Gasteiger partial charge in [0.05, 0.1) is 0 Å². The van der Waals surface area contributed by atoms with Crippen LogP contribution < -0.4 is 4.74 Å². The minimum Gasteiger partial charge on any atom is -0.481 e. The molecule has 126 valence electrons. The molecule has 1 rings (SSSR count). The van der Waals surface area contributed by atoms with Crippen LogP contribution in [0.15, 0.2) is 0 Å². The fourth-order valence-electron chi connectivity index (χ4n) is 2.15. The molecule has 0 bridgehead atoms. The highest BCUT2D eigenvalue weighted by Crippen LogP contribution is 2.34. The van der Waals surface area contributed by atoms with Crippen molar-refractivity contribution in [2.45, 2.75) is 64.9 Å². The van der Waals surface area contributed by atoms with E-state index in [1.807, 2.05) is 6.92 Å². The second-order valence-corrected chi connectivity index (χ2v) is 5.62. The van der Waals surface area contributed by atoms with Gasteiger partial charge in [0.2, 0.25) is 29.1 Å². The summed E-state index contributed by atoms with van der Waals surface area (Å²) in [6.07, 6.45) is 4.59. The number of hydrogen-bond acceptors (Lipinski definition) is 1. The molecule has 6 heteroatoms. The van der Waals surface area contributed by atoms with Crippen LogP contribution in [0.4, 0.5) is 22.0 Å². The molecule has 1 nitrogen and oxygen atoms in total. The lowest BCUT2D eigenvalue weighted by molar-refractivity contribution is 0.0596. The summed E-state index contributed by atoms with van der Waals surface area (Å²) in [7, 11) is 0. The van der Waals surface area contributed by atoms with Gasteiger partial charge < -0.3 is 4.74 Å². The van der Waals surface area contributed by atoms with Gasteiger partial charge in [0.1, 0.15) is 5.60 Å². The van der Waals surface area contributed by atoms with Crippen molar-refractivity contribution in [3.63, 3.8) is 0 Å². The molecule has 0 aliphatic carbocycles. The molecular weight excluding hydrogens is 303 g/mol. The highest BCUT2D eigenvalue weighted by Gasteiger charge is 2.32. The highest BCUT2D eigenvalue weighted by molar-refractivity contribution is 5.30. The first kappa shape index (κ1) is 18.7. The van der Waals surface area contributed by atoms with Gasteiger partial charge in [-0.1, -0.05) is 33.1 Å². The van der Waals surface area contributed by atoms with Crippen molar-refractivity contribution in [2.24, 2.45) is 0 Å². The quantitative estimate of drug-likeness (QED) is 0.250. The summed E-state index contributed by atoms with van der Waals surface area (Å²) in [5.74, 6) is -11.2. The number of hydrogen-bond donors (Lipinski definition) is 0. The smallest absolute Gasteiger partial charge is 0.207 e. The minimum absolute atomic E-state index is 0.388. The van der Waals surface area contributed by atoms with Crippen LogP contribution in [0.3, 0.4) is 0 Å². The molecule has 1 aromatic carbocycles. The monoisotopic (exact) mass is 324 g/mol. The zero-order chi connectivity index (χ0) is 16.9. The van der Waals surface area contributed by atoms with Crippen LogP contribution in [-0.2, 0) is 0 Å². The maximum Gasteiger partial charge on any atom is 0.207 e. The van der Waals surface area contributed by atoms with E-state index in [-0.39, 0.29) is 0 Å². The molecule has 0 aromatic heterocycles. The van der Waals surface area contributed by atoms with E-state index in [0.29, 0.717) is 12.8 Å². The third-order valence-corrected chi connectivity index (χ3v) is 3.83. The Kier molecular flexibility index (Phi) is 6.63. The maximum atomic E-state index is 13.7. The van der Waals surface area contributed by atoms with Gasteiger partial charge in [-0.3, -0.25) is 0 Å². The average molecular weight is 324 g/mol. The van der Waals surface area contributed by atoms with Crippen molar-refractivity contribution in [3.8, 4) is 5.75 Å². The van der Waals surface area contributed by atoms with Crippen LogP contribution in [-0.4, -0.2) is 5.60 Å².